The lowest BCUT2D eigenvalue weighted by atomic mass is 10.2. The van der Waals surface area contributed by atoms with Crippen LogP contribution in [0, 0.1) is 6.92 Å². The number of aromatic nitrogens is 4. The zero-order valence-corrected chi connectivity index (χ0v) is 14.9. The number of aliphatic hydroxyl groups excluding tert-OH is 1. The van der Waals surface area contributed by atoms with Crippen LogP contribution in [0.25, 0.3) is 17.1 Å². The molecule has 9 heteroatoms. The lowest BCUT2D eigenvalue weighted by Gasteiger charge is -2.19. The number of nitrogens with one attached hydrogen (secondary N) is 1. The second-order valence-corrected chi connectivity index (χ2v) is 6.65. The van der Waals surface area contributed by atoms with Gasteiger partial charge >= 0.3 is 5.69 Å². The zero-order chi connectivity index (χ0) is 19.1. The number of H-pyrrole nitrogens is 1. The van der Waals surface area contributed by atoms with E-state index in [2.05, 4.69) is 15.1 Å². The van der Waals surface area contributed by atoms with Crippen LogP contribution in [0.4, 0.5) is 0 Å². The molecule has 1 aliphatic rings. The maximum absolute atomic E-state index is 11.9. The standard InChI is InChI=1S/C18H19N5O4/c1-10-8-19-18(26)23(10)13-5-3-12(4-6-13)16-20-17(27-21-16)15-7-14(25)9-22(15)11(2)24/h3-6,8,14-15,25H,7,9H2,1-2H3,(H,19,26)/t14-,15+/m0/s1. The molecular weight excluding hydrogens is 350 g/mol. The first kappa shape index (κ1) is 17.2. The number of nitrogens with zero attached hydrogens (tertiary/aromatic N) is 4. The minimum absolute atomic E-state index is 0.145. The van der Waals surface area contributed by atoms with Gasteiger partial charge in [-0.05, 0) is 31.2 Å². The van der Waals surface area contributed by atoms with Crippen LogP contribution in [-0.2, 0) is 4.79 Å². The van der Waals surface area contributed by atoms with Crippen molar-refractivity contribution in [1.82, 2.24) is 24.6 Å². The van der Waals surface area contributed by atoms with Crippen molar-refractivity contribution in [3.8, 4) is 17.1 Å². The van der Waals surface area contributed by atoms with Crippen LogP contribution in [0.5, 0.6) is 0 Å². The highest BCUT2D eigenvalue weighted by Crippen LogP contribution is 2.32. The van der Waals surface area contributed by atoms with Crippen molar-refractivity contribution < 1.29 is 14.4 Å². The van der Waals surface area contributed by atoms with Gasteiger partial charge in [0, 0.05) is 37.3 Å². The van der Waals surface area contributed by atoms with Crippen LogP contribution in [0.15, 0.2) is 39.8 Å². The number of hydrogen-bond donors (Lipinski definition) is 2. The van der Waals surface area contributed by atoms with Gasteiger partial charge in [0.2, 0.25) is 17.6 Å². The molecule has 3 heterocycles. The number of aryl methyl sites for hydroxylation is 1. The summed E-state index contributed by atoms with van der Waals surface area (Å²) in [7, 11) is 0. The van der Waals surface area contributed by atoms with E-state index < -0.39 is 12.1 Å². The Hall–Kier alpha value is -3.20. The molecule has 0 radical (unpaired) electrons. The first-order valence-electron chi connectivity index (χ1n) is 8.60. The van der Waals surface area contributed by atoms with Gasteiger partial charge in [-0.25, -0.2) is 4.79 Å². The van der Waals surface area contributed by atoms with Crippen LogP contribution in [-0.4, -0.2) is 48.3 Å². The molecular formula is C18H19N5O4. The van der Waals surface area contributed by atoms with E-state index in [4.69, 9.17) is 4.52 Å². The summed E-state index contributed by atoms with van der Waals surface area (Å²) in [6.07, 6.45) is 1.42. The number of β-amino-alcohol motifs (C(OH)–C–C–N with tert-alkyl or cyclic N) is 1. The molecule has 1 saturated heterocycles. The Balaban J connectivity index is 1.60. The monoisotopic (exact) mass is 369 g/mol. The largest absolute Gasteiger partial charge is 0.391 e. The summed E-state index contributed by atoms with van der Waals surface area (Å²) in [6, 6.07) is 6.78. The van der Waals surface area contributed by atoms with Crippen molar-refractivity contribution in [3.05, 3.63) is 52.5 Å². The number of aromatic amines is 1. The predicted molar refractivity (Wildman–Crippen MR) is 95.2 cm³/mol. The van der Waals surface area contributed by atoms with Gasteiger partial charge in [0.15, 0.2) is 0 Å². The molecule has 140 valence electrons. The van der Waals surface area contributed by atoms with Crippen molar-refractivity contribution in [2.45, 2.75) is 32.4 Å². The van der Waals surface area contributed by atoms with Crippen LogP contribution in [0.2, 0.25) is 0 Å². The Bertz CT molecular complexity index is 1030. The van der Waals surface area contributed by atoms with Gasteiger partial charge in [-0.15, -0.1) is 0 Å². The number of rotatable bonds is 3. The number of carbonyl (C=O) groups excluding carboxylic acids is 1. The van der Waals surface area contributed by atoms with Crippen molar-refractivity contribution in [3.63, 3.8) is 0 Å². The summed E-state index contributed by atoms with van der Waals surface area (Å²) < 4.78 is 6.91. The third-order valence-electron chi connectivity index (χ3n) is 4.75. The Morgan fingerprint density at radius 1 is 1.33 bits per heavy atom. The van der Waals surface area contributed by atoms with Gasteiger partial charge in [-0.1, -0.05) is 5.16 Å². The quantitative estimate of drug-likeness (QED) is 0.716. The second kappa shape index (κ2) is 6.51. The number of carbonyl (C=O) groups is 1. The second-order valence-electron chi connectivity index (χ2n) is 6.65. The third-order valence-corrected chi connectivity index (χ3v) is 4.75. The van der Waals surface area contributed by atoms with E-state index in [9.17, 15) is 14.7 Å². The molecule has 1 amide bonds. The molecule has 27 heavy (non-hydrogen) atoms. The van der Waals surface area contributed by atoms with Crippen LogP contribution in [0.1, 0.15) is 31.0 Å². The summed E-state index contributed by atoms with van der Waals surface area (Å²) in [5, 5.41) is 13.9. The molecule has 9 nitrogen and oxygen atoms in total. The average Bonchev–Trinajstić information content (AvgIpc) is 3.34. The Morgan fingerprint density at radius 3 is 2.70 bits per heavy atom. The van der Waals surface area contributed by atoms with Crippen molar-refractivity contribution in [1.29, 1.82) is 0 Å². The molecule has 1 fully saturated rings. The van der Waals surface area contributed by atoms with Gasteiger partial charge in [0.25, 0.3) is 0 Å². The highest BCUT2D eigenvalue weighted by Gasteiger charge is 2.37. The maximum atomic E-state index is 11.9. The molecule has 4 rings (SSSR count). The van der Waals surface area contributed by atoms with Gasteiger partial charge in [0.05, 0.1) is 11.8 Å². The van der Waals surface area contributed by atoms with E-state index in [1.54, 1.807) is 35.0 Å². The summed E-state index contributed by atoms with van der Waals surface area (Å²) in [6.45, 7) is 3.55. The van der Waals surface area contributed by atoms with E-state index in [0.29, 0.717) is 18.1 Å². The molecule has 1 aliphatic heterocycles. The first-order valence-corrected chi connectivity index (χ1v) is 8.60. The molecule has 0 bridgehead atoms. The first-order chi connectivity index (χ1) is 12.9. The minimum atomic E-state index is -0.601. The molecule has 2 N–H and O–H groups in total. The highest BCUT2D eigenvalue weighted by atomic mass is 16.5. The summed E-state index contributed by atoms with van der Waals surface area (Å²) in [4.78, 5) is 32.2. The summed E-state index contributed by atoms with van der Waals surface area (Å²) >= 11 is 0. The Morgan fingerprint density at radius 2 is 2.07 bits per heavy atom. The molecule has 1 aromatic carbocycles. The zero-order valence-electron chi connectivity index (χ0n) is 14.9. The fraction of sp³-hybridized carbons (Fsp3) is 0.333. The number of hydrogen-bond acceptors (Lipinski definition) is 6. The number of aliphatic hydroxyl groups is 1. The fourth-order valence-corrected chi connectivity index (χ4v) is 3.42. The minimum Gasteiger partial charge on any atom is -0.391 e. The van der Waals surface area contributed by atoms with Gasteiger partial charge in [0.1, 0.15) is 6.04 Å². The molecule has 0 saturated carbocycles. The molecule has 3 aromatic rings. The van der Waals surface area contributed by atoms with Gasteiger partial charge in [-0.3, -0.25) is 9.36 Å². The Kier molecular flexibility index (Phi) is 4.15. The normalized spacial score (nSPS) is 19.6. The van der Waals surface area contributed by atoms with Crippen molar-refractivity contribution in [2.24, 2.45) is 0 Å². The van der Waals surface area contributed by atoms with E-state index >= 15 is 0 Å². The van der Waals surface area contributed by atoms with E-state index in [1.807, 2.05) is 6.92 Å². The number of likely N-dealkylation sites (tertiary alicyclic amines) is 1. The van der Waals surface area contributed by atoms with E-state index in [1.165, 1.54) is 11.8 Å². The molecule has 0 unspecified atom stereocenters. The number of imidazole rings is 1. The summed E-state index contributed by atoms with van der Waals surface area (Å²) in [5.74, 6) is 0.547. The molecule has 0 spiro atoms. The van der Waals surface area contributed by atoms with Crippen LogP contribution < -0.4 is 5.69 Å². The lowest BCUT2D eigenvalue weighted by Crippen LogP contribution is -2.29. The smallest absolute Gasteiger partial charge is 0.330 e. The number of benzene rings is 1. The Labute approximate surface area is 154 Å². The summed E-state index contributed by atoms with van der Waals surface area (Å²) in [5.41, 5.74) is 2.06. The lowest BCUT2D eigenvalue weighted by molar-refractivity contribution is -0.130. The van der Waals surface area contributed by atoms with Crippen molar-refractivity contribution >= 4 is 5.91 Å². The third kappa shape index (κ3) is 3.06. The van der Waals surface area contributed by atoms with Crippen LogP contribution in [0.3, 0.4) is 0 Å². The highest BCUT2D eigenvalue weighted by molar-refractivity contribution is 5.74. The fourth-order valence-electron chi connectivity index (χ4n) is 3.42. The van der Waals surface area contributed by atoms with Crippen molar-refractivity contribution in [2.75, 3.05) is 6.54 Å². The molecule has 0 aliphatic carbocycles. The predicted octanol–water partition coefficient (Wildman–Crippen LogP) is 1.18. The van der Waals surface area contributed by atoms with Gasteiger partial charge < -0.3 is 19.5 Å². The number of amides is 1. The molecule has 2 atom stereocenters. The van der Waals surface area contributed by atoms with E-state index in [-0.39, 0.29) is 18.1 Å². The maximum Gasteiger partial charge on any atom is 0.330 e. The topological polar surface area (TPSA) is 117 Å². The SMILES string of the molecule is CC(=O)N1C[C@@H](O)C[C@@H]1c1nc(-c2ccc(-n3c(C)c[nH]c3=O)cc2)no1. The van der Waals surface area contributed by atoms with Crippen LogP contribution >= 0.6 is 0 Å². The van der Waals surface area contributed by atoms with Gasteiger partial charge in [-0.2, -0.15) is 4.98 Å². The average molecular weight is 369 g/mol. The molecule has 2 aromatic heterocycles. The van der Waals surface area contributed by atoms with E-state index in [0.717, 1.165) is 16.9 Å².